The highest BCUT2D eigenvalue weighted by Gasteiger charge is 2.49. The summed E-state index contributed by atoms with van der Waals surface area (Å²) in [7, 11) is 0. The van der Waals surface area contributed by atoms with E-state index in [0.717, 1.165) is 32.4 Å². The topological polar surface area (TPSA) is 32.3 Å². The summed E-state index contributed by atoms with van der Waals surface area (Å²) in [5.41, 5.74) is 0.852. The Morgan fingerprint density at radius 2 is 2.00 bits per heavy atom. The highest BCUT2D eigenvalue weighted by Crippen LogP contribution is 2.54. The first-order chi connectivity index (χ1) is 8.65. The molecule has 1 aromatic rings. The third kappa shape index (κ3) is 3.33. The molecule has 1 aromatic carbocycles. The second-order valence-corrected chi connectivity index (χ2v) is 5.72. The monoisotopic (exact) mass is 247 g/mol. The van der Waals surface area contributed by atoms with Crippen LogP contribution in [0.3, 0.4) is 0 Å². The van der Waals surface area contributed by atoms with E-state index in [0.29, 0.717) is 11.8 Å². The summed E-state index contributed by atoms with van der Waals surface area (Å²) >= 11 is 0. The highest BCUT2D eigenvalue weighted by molar-refractivity contribution is 5.27. The van der Waals surface area contributed by atoms with E-state index in [2.05, 4.69) is 36.5 Å². The molecular formula is C16H25NO. The van der Waals surface area contributed by atoms with E-state index in [9.17, 15) is 5.11 Å². The molecule has 0 saturated heterocycles. The molecule has 2 nitrogen and oxygen atoms in total. The van der Waals surface area contributed by atoms with Gasteiger partial charge in [-0.1, -0.05) is 37.3 Å². The van der Waals surface area contributed by atoms with E-state index in [1.54, 1.807) is 0 Å². The van der Waals surface area contributed by atoms with Crippen molar-refractivity contribution in [2.45, 2.75) is 44.6 Å². The van der Waals surface area contributed by atoms with Crippen LogP contribution in [0.15, 0.2) is 30.3 Å². The minimum Gasteiger partial charge on any atom is -0.390 e. The van der Waals surface area contributed by atoms with Crippen LogP contribution in [0, 0.1) is 5.92 Å². The van der Waals surface area contributed by atoms with Crippen LogP contribution >= 0.6 is 0 Å². The summed E-state index contributed by atoms with van der Waals surface area (Å²) < 4.78 is 0. The summed E-state index contributed by atoms with van der Waals surface area (Å²) in [6.07, 6.45) is 3.13. The lowest BCUT2D eigenvalue weighted by atomic mass is 9.93. The van der Waals surface area contributed by atoms with Crippen LogP contribution in [0.4, 0.5) is 0 Å². The molecule has 2 rings (SSSR count). The predicted octanol–water partition coefficient (Wildman–Crippen LogP) is 2.93. The van der Waals surface area contributed by atoms with Gasteiger partial charge in [-0.2, -0.15) is 0 Å². The second kappa shape index (κ2) is 5.85. The van der Waals surface area contributed by atoms with Crippen LogP contribution in [-0.2, 0) is 0 Å². The van der Waals surface area contributed by atoms with Crippen LogP contribution < -0.4 is 5.32 Å². The average Bonchev–Trinajstić information content (AvgIpc) is 3.17. The van der Waals surface area contributed by atoms with Gasteiger partial charge in [0.2, 0.25) is 0 Å². The van der Waals surface area contributed by atoms with Gasteiger partial charge in [-0.25, -0.2) is 0 Å². The smallest absolute Gasteiger partial charge is 0.0665 e. The van der Waals surface area contributed by atoms with Crippen molar-refractivity contribution in [1.82, 2.24) is 5.32 Å². The number of benzene rings is 1. The number of rotatable bonds is 7. The van der Waals surface area contributed by atoms with Crippen LogP contribution in [0.5, 0.6) is 0 Å². The number of nitrogens with one attached hydrogen (secondary N) is 1. The van der Waals surface area contributed by atoms with E-state index in [1.165, 1.54) is 5.56 Å². The van der Waals surface area contributed by atoms with E-state index in [-0.39, 0.29) is 0 Å². The van der Waals surface area contributed by atoms with Gasteiger partial charge < -0.3 is 10.4 Å². The fourth-order valence-electron chi connectivity index (χ4n) is 2.78. The average molecular weight is 247 g/mol. The van der Waals surface area contributed by atoms with E-state index in [1.807, 2.05) is 13.0 Å². The van der Waals surface area contributed by atoms with Crippen LogP contribution in [-0.4, -0.2) is 23.8 Å². The Balaban J connectivity index is 1.82. The number of aliphatic hydroxyl groups is 1. The van der Waals surface area contributed by atoms with E-state index < -0.39 is 5.60 Å². The largest absolute Gasteiger partial charge is 0.390 e. The van der Waals surface area contributed by atoms with Gasteiger partial charge in [0.1, 0.15) is 0 Å². The maximum Gasteiger partial charge on any atom is 0.0665 e. The van der Waals surface area contributed by atoms with Crippen molar-refractivity contribution < 1.29 is 5.11 Å². The van der Waals surface area contributed by atoms with Crippen molar-refractivity contribution in [3.8, 4) is 0 Å². The lowest BCUT2D eigenvalue weighted by Gasteiger charge is -2.24. The third-order valence-electron chi connectivity index (χ3n) is 4.05. The molecule has 1 aliphatic carbocycles. The van der Waals surface area contributed by atoms with Crippen molar-refractivity contribution >= 4 is 0 Å². The second-order valence-electron chi connectivity index (χ2n) is 5.72. The molecule has 3 atom stereocenters. The molecule has 0 heterocycles. The Hall–Kier alpha value is -0.860. The van der Waals surface area contributed by atoms with Gasteiger partial charge in [0.15, 0.2) is 0 Å². The molecule has 0 bridgehead atoms. The molecule has 0 radical (unpaired) electrons. The molecule has 0 amide bonds. The maximum absolute atomic E-state index is 10.5. The van der Waals surface area contributed by atoms with Gasteiger partial charge in [0.25, 0.3) is 0 Å². The highest BCUT2D eigenvalue weighted by atomic mass is 16.3. The van der Waals surface area contributed by atoms with Gasteiger partial charge >= 0.3 is 0 Å². The molecular weight excluding hydrogens is 222 g/mol. The summed E-state index contributed by atoms with van der Waals surface area (Å²) in [6, 6.07) is 10.6. The Morgan fingerprint density at radius 3 is 2.67 bits per heavy atom. The Bertz CT molecular complexity index is 361. The van der Waals surface area contributed by atoms with Crippen LogP contribution in [0.25, 0.3) is 0 Å². The Labute approximate surface area is 110 Å². The van der Waals surface area contributed by atoms with Gasteiger partial charge in [-0.05, 0) is 56.7 Å². The molecule has 100 valence electrons. The minimum absolute atomic E-state index is 0.434. The maximum atomic E-state index is 10.5. The van der Waals surface area contributed by atoms with E-state index >= 15 is 0 Å². The van der Waals surface area contributed by atoms with Gasteiger partial charge in [-0.3, -0.25) is 0 Å². The summed E-state index contributed by atoms with van der Waals surface area (Å²) in [4.78, 5) is 0. The molecule has 2 heteroatoms. The Morgan fingerprint density at radius 1 is 1.28 bits per heavy atom. The predicted molar refractivity (Wildman–Crippen MR) is 75.7 cm³/mol. The first-order valence-corrected chi connectivity index (χ1v) is 7.13. The molecule has 0 aromatic heterocycles. The third-order valence-corrected chi connectivity index (χ3v) is 4.05. The van der Waals surface area contributed by atoms with Gasteiger partial charge in [0, 0.05) is 0 Å². The molecule has 0 spiro atoms. The molecule has 3 unspecified atom stereocenters. The summed E-state index contributed by atoms with van der Waals surface area (Å²) in [5.74, 6) is 0.996. The number of hydrogen-bond acceptors (Lipinski definition) is 2. The summed E-state index contributed by atoms with van der Waals surface area (Å²) in [5, 5.41) is 13.9. The standard InChI is InChI=1S/C16H25NO/c1-3-10-17-11-9-16(2,18)15-12-14(15)13-7-5-4-6-8-13/h4-8,14-15,17-18H,3,9-12H2,1-2H3. The summed E-state index contributed by atoms with van der Waals surface area (Å²) in [6.45, 7) is 6.12. The van der Waals surface area contributed by atoms with Crippen LogP contribution in [0.2, 0.25) is 0 Å². The number of hydrogen-bond donors (Lipinski definition) is 2. The molecule has 1 saturated carbocycles. The van der Waals surface area contributed by atoms with Gasteiger partial charge in [-0.15, -0.1) is 0 Å². The van der Waals surface area contributed by atoms with Crippen molar-refractivity contribution in [3.05, 3.63) is 35.9 Å². The van der Waals surface area contributed by atoms with E-state index in [4.69, 9.17) is 0 Å². The first-order valence-electron chi connectivity index (χ1n) is 7.13. The lowest BCUT2D eigenvalue weighted by Crippen LogP contribution is -2.32. The minimum atomic E-state index is -0.527. The molecule has 1 fully saturated rings. The quantitative estimate of drug-likeness (QED) is 0.726. The first kappa shape index (κ1) is 13.6. The zero-order valence-electron chi connectivity index (χ0n) is 11.5. The van der Waals surface area contributed by atoms with Crippen LogP contribution in [0.1, 0.15) is 44.6 Å². The molecule has 1 aliphatic rings. The molecule has 0 aliphatic heterocycles. The normalized spacial score (nSPS) is 25.7. The fraction of sp³-hybridized carbons (Fsp3) is 0.625. The van der Waals surface area contributed by atoms with Crippen molar-refractivity contribution in [2.75, 3.05) is 13.1 Å². The molecule has 2 N–H and O–H groups in total. The fourth-order valence-corrected chi connectivity index (χ4v) is 2.78. The SMILES string of the molecule is CCCNCCC(C)(O)C1CC1c1ccccc1. The lowest BCUT2D eigenvalue weighted by molar-refractivity contribution is 0.0264. The van der Waals surface area contributed by atoms with Crippen molar-refractivity contribution in [3.63, 3.8) is 0 Å². The Kier molecular flexibility index (Phi) is 4.41. The zero-order valence-corrected chi connectivity index (χ0v) is 11.5. The van der Waals surface area contributed by atoms with Crippen molar-refractivity contribution in [2.24, 2.45) is 5.92 Å². The molecule has 18 heavy (non-hydrogen) atoms. The zero-order chi connectivity index (χ0) is 13.0. The van der Waals surface area contributed by atoms with Gasteiger partial charge in [0.05, 0.1) is 5.60 Å². The van der Waals surface area contributed by atoms with Crippen molar-refractivity contribution in [1.29, 1.82) is 0 Å².